The predicted octanol–water partition coefficient (Wildman–Crippen LogP) is 2.80. The van der Waals surface area contributed by atoms with Crippen LogP contribution in [0, 0.1) is 6.92 Å². The largest absolute Gasteiger partial charge is 0.418 e. The number of nitrogens with two attached hydrogens (primary N) is 1. The van der Waals surface area contributed by atoms with Crippen LogP contribution in [0.4, 0.5) is 18.9 Å². The van der Waals surface area contributed by atoms with Crippen LogP contribution >= 0.6 is 11.6 Å². The fourth-order valence-electron chi connectivity index (χ4n) is 2.04. The van der Waals surface area contributed by atoms with E-state index in [9.17, 15) is 13.2 Å². The van der Waals surface area contributed by atoms with Crippen LogP contribution in [0.25, 0.3) is 11.0 Å². The van der Waals surface area contributed by atoms with Crippen molar-refractivity contribution in [1.29, 1.82) is 0 Å². The smallest absolute Gasteiger partial charge is 0.396 e. The van der Waals surface area contributed by atoms with Gasteiger partial charge in [0.2, 0.25) is 0 Å². The number of aromatic nitrogens is 2. The molecule has 19 heavy (non-hydrogen) atoms. The zero-order chi connectivity index (χ0) is 14.5. The average Bonchev–Trinajstić information content (AvgIpc) is 2.58. The quantitative estimate of drug-likeness (QED) is 0.822. The third-order valence-corrected chi connectivity index (χ3v) is 3.16. The molecule has 0 radical (unpaired) electrons. The van der Waals surface area contributed by atoms with Gasteiger partial charge in [-0.1, -0.05) is 11.6 Å². The minimum atomic E-state index is -4.56. The van der Waals surface area contributed by atoms with Gasteiger partial charge in [-0.25, -0.2) is 9.66 Å². The molecule has 1 aromatic heterocycles. The molecule has 0 fully saturated rings. The second-order valence-electron chi connectivity index (χ2n) is 4.34. The zero-order valence-electron chi connectivity index (χ0n) is 10.5. The highest BCUT2D eigenvalue weighted by molar-refractivity contribution is 6.35. The summed E-state index contributed by atoms with van der Waals surface area (Å²) in [4.78, 5) is 4.09. The van der Waals surface area contributed by atoms with Gasteiger partial charge in [0.05, 0.1) is 21.8 Å². The Bertz CT molecular complexity index is 646. The van der Waals surface area contributed by atoms with Gasteiger partial charge in [0.25, 0.3) is 0 Å². The second kappa shape index (κ2) is 4.19. The molecule has 0 spiro atoms. The Morgan fingerprint density at radius 3 is 2.42 bits per heavy atom. The molecular weight excluding hydrogens is 281 g/mol. The number of benzene rings is 1. The molecule has 2 rings (SSSR count). The predicted molar refractivity (Wildman–Crippen MR) is 69.0 cm³/mol. The number of aryl methyl sites for hydroxylation is 1. The standard InChI is InChI=1S/C11H12ClF3N4/c1-5-17-7-4-6(11(13,14)15)8(12)9(16)10(7)19(5)18(2)3/h4H,16H2,1-3H3. The lowest BCUT2D eigenvalue weighted by Gasteiger charge is -2.18. The molecule has 0 atom stereocenters. The van der Waals surface area contributed by atoms with E-state index in [4.69, 9.17) is 17.3 Å². The number of alkyl halides is 3. The number of rotatable bonds is 1. The second-order valence-corrected chi connectivity index (χ2v) is 4.71. The molecule has 1 heterocycles. The number of imidazole rings is 1. The van der Waals surface area contributed by atoms with Crippen molar-refractivity contribution in [1.82, 2.24) is 9.66 Å². The van der Waals surface area contributed by atoms with Gasteiger partial charge in [0, 0.05) is 14.1 Å². The van der Waals surface area contributed by atoms with Gasteiger partial charge in [-0.05, 0) is 13.0 Å². The fraction of sp³-hybridized carbons (Fsp3) is 0.364. The summed E-state index contributed by atoms with van der Waals surface area (Å²) in [6.07, 6.45) is -4.56. The monoisotopic (exact) mass is 292 g/mol. The van der Waals surface area contributed by atoms with Crippen molar-refractivity contribution >= 4 is 28.3 Å². The molecular formula is C11H12ClF3N4. The molecule has 2 aromatic rings. The van der Waals surface area contributed by atoms with E-state index in [0.717, 1.165) is 6.07 Å². The molecule has 4 nitrogen and oxygen atoms in total. The Hall–Kier alpha value is -1.63. The Kier molecular flexibility index (Phi) is 3.04. The van der Waals surface area contributed by atoms with Gasteiger partial charge >= 0.3 is 6.18 Å². The van der Waals surface area contributed by atoms with Gasteiger partial charge in [-0.3, -0.25) is 0 Å². The molecule has 8 heteroatoms. The van der Waals surface area contributed by atoms with Crippen molar-refractivity contribution in [2.24, 2.45) is 0 Å². The van der Waals surface area contributed by atoms with Crippen LogP contribution in [-0.4, -0.2) is 23.8 Å². The SMILES string of the molecule is Cc1nc2cc(C(F)(F)F)c(Cl)c(N)c2n1N(C)C. The van der Waals surface area contributed by atoms with Gasteiger partial charge in [0.1, 0.15) is 11.3 Å². The van der Waals surface area contributed by atoms with Crippen molar-refractivity contribution < 1.29 is 13.2 Å². The first kappa shape index (κ1) is 13.8. The van der Waals surface area contributed by atoms with E-state index in [1.165, 1.54) is 0 Å². The van der Waals surface area contributed by atoms with E-state index in [2.05, 4.69) is 4.98 Å². The average molecular weight is 293 g/mol. The highest BCUT2D eigenvalue weighted by atomic mass is 35.5. The van der Waals surface area contributed by atoms with E-state index < -0.39 is 16.8 Å². The van der Waals surface area contributed by atoms with Gasteiger partial charge in [0.15, 0.2) is 0 Å². The van der Waals surface area contributed by atoms with E-state index in [1.807, 2.05) is 0 Å². The summed E-state index contributed by atoms with van der Waals surface area (Å²) in [6, 6.07) is 0.918. The molecule has 1 aromatic carbocycles. The third-order valence-electron chi connectivity index (χ3n) is 2.76. The molecule has 0 saturated heterocycles. The molecule has 0 amide bonds. The minimum Gasteiger partial charge on any atom is -0.396 e. The van der Waals surface area contributed by atoms with Crippen molar-refractivity contribution in [3.63, 3.8) is 0 Å². The van der Waals surface area contributed by atoms with E-state index in [-0.39, 0.29) is 11.2 Å². The number of halogens is 4. The summed E-state index contributed by atoms with van der Waals surface area (Å²) < 4.78 is 40.1. The summed E-state index contributed by atoms with van der Waals surface area (Å²) in [6.45, 7) is 1.68. The van der Waals surface area contributed by atoms with Crippen LogP contribution in [0.1, 0.15) is 11.4 Å². The van der Waals surface area contributed by atoms with Crippen molar-refractivity contribution in [2.75, 3.05) is 24.8 Å². The van der Waals surface area contributed by atoms with Crippen LogP contribution in [0.5, 0.6) is 0 Å². The lowest BCUT2D eigenvalue weighted by Crippen LogP contribution is -2.26. The van der Waals surface area contributed by atoms with E-state index in [0.29, 0.717) is 11.3 Å². The summed E-state index contributed by atoms with van der Waals surface area (Å²) in [5.41, 5.74) is 5.20. The zero-order valence-corrected chi connectivity index (χ0v) is 11.3. The lowest BCUT2D eigenvalue weighted by molar-refractivity contribution is -0.137. The third kappa shape index (κ3) is 2.07. The minimum absolute atomic E-state index is 0.124. The Morgan fingerprint density at radius 1 is 1.37 bits per heavy atom. The number of anilines is 1. The van der Waals surface area contributed by atoms with Crippen LogP contribution in [0.15, 0.2) is 6.07 Å². The van der Waals surface area contributed by atoms with Gasteiger partial charge in [-0.2, -0.15) is 13.2 Å². The normalized spacial score (nSPS) is 12.2. The summed E-state index contributed by atoms with van der Waals surface area (Å²) >= 11 is 5.74. The van der Waals surface area contributed by atoms with Crippen molar-refractivity contribution in [2.45, 2.75) is 13.1 Å². The van der Waals surface area contributed by atoms with Crippen molar-refractivity contribution in [3.05, 3.63) is 22.5 Å². The van der Waals surface area contributed by atoms with Gasteiger partial charge in [-0.15, -0.1) is 0 Å². The molecule has 0 unspecified atom stereocenters. The first-order chi connectivity index (χ1) is 8.64. The molecule has 0 aliphatic heterocycles. The maximum atomic E-state index is 12.8. The number of fused-ring (bicyclic) bond motifs is 1. The highest BCUT2D eigenvalue weighted by Crippen LogP contribution is 2.41. The summed E-state index contributed by atoms with van der Waals surface area (Å²) in [5.74, 6) is 0.530. The lowest BCUT2D eigenvalue weighted by atomic mass is 10.1. The van der Waals surface area contributed by atoms with Crippen LogP contribution < -0.4 is 10.7 Å². The molecule has 0 saturated carbocycles. The topological polar surface area (TPSA) is 47.1 Å². The molecule has 0 bridgehead atoms. The van der Waals surface area contributed by atoms with Gasteiger partial charge < -0.3 is 10.7 Å². The number of hydrogen-bond acceptors (Lipinski definition) is 3. The number of hydrogen-bond donors (Lipinski definition) is 1. The molecule has 0 aliphatic carbocycles. The van der Waals surface area contributed by atoms with Crippen LogP contribution in [0.3, 0.4) is 0 Å². The maximum absolute atomic E-state index is 12.8. The molecule has 2 N–H and O–H groups in total. The van der Waals surface area contributed by atoms with E-state index in [1.54, 1.807) is 30.7 Å². The maximum Gasteiger partial charge on any atom is 0.418 e. The Labute approximate surface area is 112 Å². The summed E-state index contributed by atoms with van der Waals surface area (Å²) in [5, 5.41) is 1.17. The van der Waals surface area contributed by atoms with Crippen LogP contribution in [0.2, 0.25) is 5.02 Å². The summed E-state index contributed by atoms with van der Waals surface area (Å²) in [7, 11) is 3.47. The highest BCUT2D eigenvalue weighted by Gasteiger charge is 2.35. The molecule has 0 aliphatic rings. The first-order valence-corrected chi connectivity index (χ1v) is 5.74. The Morgan fingerprint density at radius 2 is 1.95 bits per heavy atom. The fourth-order valence-corrected chi connectivity index (χ4v) is 2.29. The van der Waals surface area contributed by atoms with Crippen molar-refractivity contribution in [3.8, 4) is 0 Å². The Balaban J connectivity index is 2.89. The number of nitrogens with zero attached hydrogens (tertiary/aromatic N) is 3. The first-order valence-electron chi connectivity index (χ1n) is 5.36. The molecule has 104 valence electrons. The number of nitrogen functional groups attached to an aromatic ring is 1. The van der Waals surface area contributed by atoms with Crippen LogP contribution in [-0.2, 0) is 6.18 Å². The van der Waals surface area contributed by atoms with E-state index >= 15 is 0 Å².